The molecule has 120 valence electrons. The summed E-state index contributed by atoms with van der Waals surface area (Å²) in [6.07, 6.45) is 2.56. The van der Waals surface area contributed by atoms with Crippen LogP contribution in [-0.2, 0) is 11.8 Å². The second-order valence-corrected chi connectivity index (χ2v) is 6.76. The molecule has 0 aliphatic heterocycles. The Morgan fingerprint density at radius 1 is 1.27 bits per heavy atom. The summed E-state index contributed by atoms with van der Waals surface area (Å²) in [6, 6.07) is 8.18. The third-order valence-electron chi connectivity index (χ3n) is 3.41. The Balaban J connectivity index is 1.89. The molecule has 0 aliphatic rings. The fourth-order valence-electron chi connectivity index (χ4n) is 2.12. The molecular formula is C17H25N3OS. The van der Waals surface area contributed by atoms with E-state index in [1.54, 1.807) is 17.6 Å². The van der Waals surface area contributed by atoms with Crippen LogP contribution in [0.1, 0.15) is 31.4 Å². The molecule has 0 amide bonds. The lowest BCUT2D eigenvalue weighted by Gasteiger charge is -2.21. The normalized spacial score (nSPS) is 12.4. The van der Waals surface area contributed by atoms with E-state index in [1.165, 1.54) is 4.88 Å². The number of rotatable bonds is 7. The maximum Gasteiger partial charge on any atom is 0.191 e. The summed E-state index contributed by atoms with van der Waals surface area (Å²) in [5, 5.41) is 8.77. The molecule has 0 unspecified atom stereocenters. The summed E-state index contributed by atoms with van der Waals surface area (Å²) >= 11 is 1.79. The highest BCUT2D eigenvalue weighted by Crippen LogP contribution is 2.27. The Morgan fingerprint density at radius 3 is 2.77 bits per heavy atom. The molecule has 22 heavy (non-hydrogen) atoms. The Kier molecular flexibility index (Phi) is 6.07. The number of guanidine groups is 1. The summed E-state index contributed by atoms with van der Waals surface area (Å²) in [5.41, 5.74) is 0.0531. The minimum Gasteiger partial charge on any atom is -0.469 e. The monoisotopic (exact) mass is 319 g/mol. The van der Waals surface area contributed by atoms with E-state index in [0.717, 1.165) is 37.8 Å². The van der Waals surface area contributed by atoms with Crippen LogP contribution in [0.15, 0.2) is 45.3 Å². The number of nitrogens with one attached hydrogen (secondary N) is 2. The van der Waals surface area contributed by atoms with E-state index in [-0.39, 0.29) is 5.41 Å². The largest absolute Gasteiger partial charge is 0.469 e. The molecule has 0 saturated heterocycles. The first-order chi connectivity index (χ1) is 10.6. The van der Waals surface area contributed by atoms with Crippen LogP contribution in [0.5, 0.6) is 0 Å². The van der Waals surface area contributed by atoms with Crippen LogP contribution < -0.4 is 10.6 Å². The Bertz CT molecular complexity index is 559. The zero-order valence-corrected chi connectivity index (χ0v) is 14.4. The second-order valence-electron chi connectivity index (χ2n) is 5.81. The van der Waals surface area contributed by atoms with Gasteiger partial charge in [-0.1, -0.05) is 19.9 Å². The van der Waals surface area contributed by atoms with E-state index in [4.69, 9.17) is 9.41 Å². The van der Waals surface area contributed by atoms with Crippen molar-refractivity contribution >= 4 is 17.3 Å². The molecule has 4 nitrogen and oxygen atoms in total. The number of aliphatic imine (C=N–C) groups is 1. The highest BCUT2D eigenvalue weighted by atomic mass is 32.1. The molecule has 0 spiro atoms. The fourth-order valence-corrected chi connectivity index (χ4v) is 2.96. The van der Waals surface area contributed by atoms with E-state index in [1.807, 2.05) is 12.1 Å². The minimum absolute atomic E-state index is 0.0531. The van der Waals surface area contributed by atoms with Crippen molar-refractivity contribution in [1.82, 2.24) is 10.6 Å². The number of hydrogen-bond acceptors (Lipinski definition) is 3. The van der Waals surface area contributed by atoms with Crippen molar-refractivity contribution in [1.29, 1.82) is 0 Å². The molecule has 0 fully saturated rings. The van der Waals surface area contributed by atoms with Gasteiger partial charge in [0, 0.05) is 29.8 Å². The van der Waals surface area contributed by atoms with Crippen LogP contribution in [0, 0.1) is 0 Å². The van der Waals surface area contributed by atoms with Crippen molar-refractivity contribution in [2.75, 3.05) is 19.6 Å². The van der Waals surface area contributed by atoms with E-state index < -0.39 is 0 Å². The van der Waals surface area contributed by atoms with E-state index >= 15 is 0 Å². The van der Waals surface area contributed by atoms with Gasteiger partial charge in [-0.3, -0.25) is 4.99 Å². The van der Waals surface area contributed by atoms with Crippen LogP contribution in [-0.4, -0.2) is 25.6 Å². The quantitative estimate of drug-likeness (QED) is 0.607. The zero-order chi connectivity index (χ0) is 15.8. The maximum atomic E-state index is 5.34. The van der Waals surface area contributed by atoms with Crippen molar-refractivity contribution < 1.29 is 4.42 Å². The summed E-state index contributed by atoms with van der Waals surface area (Å²) in [4.78, 5) is 6.09. The number of hydrogen-bond donors (Lipinski definition) is 2. The van der Waals surface area contributed by atoms with Crippen LogP contribution in [0.2, 0.25) is 0 Å². The summed E-state index contributed by atoms with van der Waals surface area (Å²) in [7, 11) is 0. The Hall–Kier alpha value is -1.75. The summed E-state index contributed by atoms with van der Waals surface area (Å²) < 4.78 is 5.34. The molecule has 2 N–H and O–H groups in total. The molecule has 0 aromatic carbocycles. The second kappa shape index (κ2) is 8.03. The summed E-state index contributed by atoms with van der Waals surface area (Å²) in [5.74, 6) is 1.85. The van der Waals surface area contributed by atoms with Gasteiger partial charge in [-0.25, -0.2) is 0 Å². The number of thiophene rings is 1. The third-order valence-corrected chi connectivity index (χ3v) is 4.64. The molecule has 2 heterocycles. The molecule has 0 aliphatic carbocycles. The number of nitrogens with zero attached hydrogens (tertiary/aromatic N) is 1. The van der Waals surface area contributed by atoms with E-state index in [9.17, 15) is 0 Å². The van der Waals surface area contributed by atoms with Gasteiger partial charge in [0.05, 0.1) is 12.8 Å². The first-order valence-electron chi connectivity index (χ1n) is 7.70. The van der Waals surface area contributed by atoms with Crippen LogP contribution >= 0.6 is 11.3 Å². The molecule has 5 heteroatoms. The lowest BCUT2D eigenvalue weighted by atomic mass is 9.92. The molecule has 0 atom stereocenters. The zero-order valence-electron chi connectivity index (χ0n) is 13.6. The molecule has 2 aromatic heterocycles. The lowest BCUT2D eigenvalue weighted by molar-refractivity contribution is 0.506. The number of furan rings is 1. The maximum absolute atomic E-state index is 5.34. The average molecular weight is 319 g/mol. The van der Waals surface area contributed by atoms with Crippen molar-refractivity contribution in [3.05, 3.63) is 46.5 Å². The lowest BCUT2D eigenvalue weighted by Crippen LogP contribution is -2.39. The highest BCUT2D eigenvalue weighted by molar-refractivity contribution is 7.10. The van der Waals surface area contributed by atoms with Gasteiger partial charge >= 0.3 is 0 Å². The minimum atomic E-state index is 0.0531. The Morgan fingerprint density at radius 2 is 2.14 bits per heavy atom. The summed E-state index contributed by atoms with van der Waals surface area (Å²) in [6.45, 7) is 8.95. The smallest absolute Gasteiger partial charge is 0.191 e. The van der Waals surface area contributed by atoms with Gasteiger partial charge < -0.3 is 15.1 Å². The van der Waals surface area contributed by atoms with Gasteiger partial charge in [-0.15, -0.1) is 11.3 Å². The Labute approximate surface area is 136 Å². The van der Waals surface area contributed by atoms with Crippen molar-refractivity contribution in [2.24, 2.45) is 4.99 Å². The van der Waals surface area contributed by atoms with Gasteiger partial charge in [0.15, 0.2) is 5.96 Å². The molecule has 0 radical (unpaired) electrons. The molecule has 0 bridgehead atoms. The standard InChI is InChI=1S/C17H25N3OS/c1-4-18-16(19-10-9-14-7-5-11-21-14)20-13-17(2,3)15-8-6-12-22-15/h5-8,11-12H,4,9-10,13H2,1-3H3,(H2,18,19,20). The van der Waals surface area contributed by atoms with Gasteiger partial charge in [0.2, 0.25) is 0 Å². The predicted octanol–water partition coefficient (Wildman–Crippen LogP) is 3.42. The van der Waals surface area contributed by atoms with Gasteiger partial charge in [0.25, 0.3) is 0 Å². The van der Waals surface area contributed by atoms with Crippen molar-refractivity contribution in [3.63, 3.8) is 0 Å². The fraction of sp³-hybridized carbons (Fsp3) is 0.471. The van der Waals surface area contributed by atoms with Crippen LogP contribution in [0.25, 0.3) is 0 Å². The highest BCUT2D eigenvalue weighted by Gasteiger charge is 2.21. The van der Waals surface area contributed by atoms with Gasteiger partial charge in [-0.05, 0) is 30.5 Å². The molecule has 2 aromatic rings. The molecular weight excluding hydrogens is 294 g/mol. The SMILES string of the molecule is CCNC(=NCC(C)(C)c1cccs1)NCCc1ccco1. The first kappa shape index (κ1) is 16.6. The van der Waals surface area contributed by atoms with E-state index in [2.05, 4.69) is 48.9 Å². The third kappa shape index (κ3) is 4.91. The predicted molar refractivity (Wildman–Crippen MR) is 93.7 cm³/mol. The van der Waals surface area contributed by atoms with Crippen molar-refractivity contribution in [2.45, 2.75) is 32.6 Å². The van der Waals surface area contributed by atoms with Crippen LogP contribution in [0.4, 0.5) is 0 Å². The average Bonchev–Trinajstić information content (AvgIpc) is 3.18. The van der Waals surface area contributed by atoms with Crippen molar-refractivity contribution in [3.8, 4) is 0 Å². The topological polar surface area (TPSA) is 49.6 Å². The molecule has 2 rings (SSSR count). The van der Waals surface area contributed by atoms with E-state index in [0.29, 0.717) is 0 Å². The van der Waals surface area contributed by atoms with Gasteiger partial charge in [-0.2, -0.15) is 0 Å². The first-order valence-corrected chi connectivity index (χ1v) is 8.58. The van der Waals surface area contributed by atoms with Gasteiger partial charge in [0.1, 0.15) is 5.76 Å². The molecule has 0 saturated carbocycles. The van der Waals surface area contributed by atoms with Crippen LogP contribution in [0.3, 0.4) is 0 Å².